The Balaban J connectivity index is 1.46. The second kappa shape index (κ2) is 14.7. The summed E-state index contributed by atoms with van der Waals surface area (Å²) in [6.45, 7) is 6.30. The molecule has 254 valence electrons. The number of ether oxygens (including phenoxy) is 4. The van der Waals surface area contributed by atoms with Crippen LogP contribution in [0.5, 0.6) is 23.0 Å². The minimum absolute atomic E-state index is 0.128. The monoisotopic (exact) mass is 656 g/mol. The van der Waals surface area contributed by atoms with Crippen LogP contribution in [0.25, 0.3) is 22.0 Å². The van der Waals surface area contributed by atoms with E-state index >= 15 is 0 Å². The minimum atomic E-state index is -0.678. The first-order chi connectivity index (χ1) is 23.1. The molecular formula is C37H44N4O7. The van der Waals surface area contributed by atoms with Gasteiger partial charge in [0.2, 0.25) is 23.0 Å². The van der Waals surface area contributed by atoms with Crippen molar-refractivity contribution in [2.45, 2.75) is 52.2 Å². The molecule has 5 rings (SSSR count). The van der Waals surface area contributed by atoms with Crippen molar-refractivity contribution in [3.8, 4) is 34.1 Å². The van der Waals surface area contributed by atoms with E-state index in [4.69, 9.17) is 18.9 Å². The predicted molar refractivity (Wildman–Crippen MR) is 186 cm³/mol. The molecule has 1 aliphatic rings. The van der Waals surface area contributed by atoms with Crippen LogP contribution in [0.3, 0.4) is 0 Å². The third-order valence-electron chi connectivity index (χ3n) is 8.81. The molecule has 3 aromatic carbocycles. The number of aryl methyl sites for hydroxylation is 1. The molecule has 2 atom stereocenters. The van der Waals surface area contributed by atoms with Crippen LogP contribution in [-0.4, -0.2) is 57.4 Å². The van der Waals surface area contributed by atoms with Gasteiger partial charge >= 0.3 is 0 Å². The zero-order chi connectivity index (χ0) is 34.5. The van der Waals surface area contributed by atoms with Crippen molar-refractivity contribution in [2.75, 3.05) is 40.3 Å². The fourth-order valence-electron chi connectivity index (χ4n) is 6.44. The lowest BCUT2D eigenvalue weighted by molar-refractivity contribution is -0.122. The molecule has 0 saturated heterocycles. The zero-order valence-electron chi connectivity index (χ0n) is 28.6. The van der Waals surface area contributed by atoms with Gasteiger partial charge in [-0.1, -0.05) is 19.9 Å². The Morgan fingerprint density at radius 3 is 2.38 bits per heavy atom. The second-order valence-corrected chi connectivity index (χ2v) is 12.2. The van der Waals surface area contributed by atoms with Gasteiger partial charge in [0.25, 0.3) is 0 Å². The highest BCUT2D eigenvalue weighted by atomic mass is 16.5. The van der Waals surface area contributed by atoms with Crippen molar-refractivity contribution >= 4 is 28.4 Å². The summed E-state index contributed by atoms with van der Waals surface area (Å²) in [4.78, 5) is 39.7. The maximum Gasteiger partial charge on any atom is 0.242 e. The first-order valence-corrected chi connectivity index (χ1v) is 16.0. The third kappa shape index (κ3) is 6.90. The van der Waals surface area contributed by atoms with E-state index in [1.54, 1.807) is 40.6 Å². The molecule has 0 saturated carbocycles. The largest absolute Gasteiger partial charge is 0.497 e. The number of benzene rings is 2. The van der Waals surface area contributed by atoms with Gasteiger partial charge in [0, 0.05) is 42.7 Å². The van der Waals surface area contributed by atoms with Crippen LogP contribution >= 0.6 is 0 Å². The number of hydrogen-bond donors (Lipinski definition) is 3. The molecule has 11 heteroatoms. The van der Waals surface area contributed by atoms with E-state index in [9.17, 15) is 14.4 Å². The van der Waals surface area contributed by atoms with E-state index < -0.39 is 12.1 Å². The lowest BCUT2D eigenvalue weighted by atomic mass is 9.95. The van der Waals surface area contributed by atoms with Gasteiger partial charge in [-0.05, 0) is 77.9 Å². The second-order valence-electron chi connectivity index (χ2n) is 12.2. The number of amides is 2. The molecule has 4 aromatic rings. The Morgan fingerprint density at radius 1 is 0.938 bits per heavy atom. The van der Waals surface area contributed by atoms with Crippen LogP contribution in [0, 0.1) is 5.92 Å². The number of aromatic nitrogens is 1. The maximum atomic E-state index is 13.8. The fourth-order valence-corrected chi connectivity index (χ4v) is 6.44. The molecular weight excluding hydrogens is 612 g/mol. The van der Waals surface area contributed by atoms with Gasteiger partial charge in [-0.25, -0.2) is 0 Å². The Kier molecular flexibility index (Phi) is 10.5. The number of rotatable bonds is 12. The molecule has 11 nitrogen and oxygen atoms in total. The number of anilines is 1. The predicted octanol–water partition coefficient (Wildman–Crippen LogP) is 5.08. The summed E-state index contributed by atoms with van der Waals surface area (Å²) in [6.07, 6.45) is 3.13. The maximum absolute atomic E-state index is 13.8. The Morgan fingerprint density at radius 2 is 1.71 bits per heavy atom. The van der Waals surface area contributed by atoms with Crippen LogP contribution in [0.15, 0.2) is 59.5 Å². The summed E-state index contributed by atoms with van der Waals surface area (Å²) in [7, 11) is 6.31. The van der Waals surface area contributed by atoms with Crippen LogP contribution in [0.4, 0.5) is 5.69 Å². The van der Waals surface area contributed by atoms with Crippen molar-refractivity contribution in [3.63, 3.8) is 0 Å². The van der Waals surface area contributed by atoms with E-state index in [0.29, 0.717) is 54.3 Å². The number of methoxy groups -OCH3 is 4. The van der Waals surface area contributed by atoms with Crippen LogP contribution in [-0.2, 0) is 22.6 Å². The van der Waals surface area contributed by atoms with Crippen molar-refractivity contribution in [3.05, 3.63) is 76.1 Å². The van der Waals surface area contributed by atoms with Gasteiger partial charge in [-0.2, -0.15) is 0 Å². The van der Waals surface area contributed by atoms with Crippen molar-refractivity contribution < 1.29 is 28.5 Å². The van der Waals surface area contributed by atoms with E-state index in [1.165, 1.54) is 6.92 Å². The minimum Gasteiger partial charge on any atom is -0.497 e. The summed E-state index contributed by atoms with van der Waals surface area (Å²) in [5, 5.41) is 10.4. The lowest BCUT2D eigenvalue weighted by Crippen LogP contribution is -2.44. The molecule has 1 aliphatic carbocycles. The van der Waals surface area contributed by atoms with Gasteiger partial charge in [-0.15, -0.1) is 0 Å². The highest BCUT2D eigenvalue weighted by Crippen LogP contribution is 2.50. The molecule has 1 aromatic heterocycles. The number of hydrogen-bond acceptors (Lipinski definition) is 8. The van der Waals surface area contributed by atoms with E-state index in [2.05, 4.69) is 20.5 Å². The number of fused-ring (bicyclic) bond motifs is 4. The standard InChI is InChI=1S/C37H44N4O7/c1-21(2)34(37(44)38-15-17-41-16-14-23-18-25(45-4)9-13-30(23)41)40-29-12-10-26-27(20-31(29)43)28(39-22(3)42)11-8-24-19-32(46-5)35(47-6)36(48-7)33(24)26/h9-10,12-14,16,18-21,28,34H,8,11,15,17H2,1-7H3,(H,38,44)(H,39,42)(H,40,43). The van der Waals surface area contributed by atoms with Gasteiger partial charge in [0.15, 0.2) is 11.5 Å². The molecule has 48 heavy (non-hydrogen) atoms. The van der Waals surface area contributed by atoms with Gasteiger partial charge < -0.3 is 39.5 Å². The van der Waals surface area contributed by atoms with Crippen LogP contribution in [0.1, 0.15) is 44.4 Å². The summed E-state index contributed by atoms with van der Waals surface area (Å²) >= 11 is 0. The molecule has 3 N–H and O–H groups in total. The van der Waals surface area contributed by atoms with Gasteiger partial charge in [-0.3, -0.25) is 14.4 Å². The van der Waals surface area contributed by atoms with Crippen LogP contribution < -0.4 is 40.3 Å². The molecule has 0 fully saturated rings. The molecule has 0 spiro atoms. The smallest absolute Gasteiger partial charge is 0.242 e. The van der Waals surface area contributed by atoms with Gasteiger partial charge in [0.05, 0.1) is 40.2 Å². The first-order valence-electron chi connectivity index (χ1n) is 16.0. The Hall–Kier alpha value is -5.19. The van der Waals surface area contributed by atoms with Crippen molar-refractivity contribution in [1.29, 1.82) is 0 Å². The first kappa shape index (κ1) is 34.2. The van der Waals surface area contributed by atoms with E-state index in [0.717, 1.165) is 27.8 Å². The fraction of sp³-hybridized carbons (Fsp3) is 0.378. The summed E-state index contributed by atoms with van der Waals surface area (Å²) in [5.41, 5.74) is 4.06. The number of nitrogens with zero attached hydrogens (tertiary/aromatic N) is 1. The summed E-state index contributed by atoms with van der Waals surface area (Å²) in [5.74, 6) is 1.67. The SMILES string of the molecule is COc1ccc2c(ccn2CCNC(=O)C(Nc2ccc3c(cc2=O)C(NC(C)=O)CCc2cc(OC)c(OC)c(OC)c2-3)C(C)C)c1. The third-order valence-corrected chi connectivity index (χ3v) is 8.81. The van der Waals surface area contributed by atoms with E-state index in [1.807, 2.05) is 56.4 Å². The Labute approximate surface area is 280 Å². The topological polar surface area (TPSA) is 129 Å². The molecule has 2 amide bonds. The average molecular weight is 657 g/mol. The van der Waals surface area contributed by atoms with Crippen molar-refractivity contribution in [2.24, 2.45) is 5.92 Å². The summed E-state index contributed by atoms with van der Waals surface area (Å²) < 4.78 is 24.6. The lowest BCUT2D eigenvalue weighted by Gasteiger charge is -2.22. The highest BCUT2D eigenvalue weighted by molar-refractivity contribution is 5.86. The number of carbonyl (C=O) groups excluding carboxylic acids is 2. The van der Waals surface area contributed by atoms with E-state index in [-0.39, 0.29) is 28.8 Å². The highest BCUT2D eigenvalue weighted by Gasteiger charge is 2.30. The zero-order valence-corrected chi connectivity index (χ0v) is 28.6. The van der Waals surface area contributed by atoms with Crippen molar-refractivity contribution in [1.82, 2.24) is 15.2 Å². The molecule has 0 bridgehead atoms. The number of carbonyl (C=O) groups is 2. The van der Waals surface area contributed by atoms with Gasteiger partial charge in [0.1, 0.15) is 11.8 Å². The molecule has 2 unspecified atom stereocenters. The number of nitrogens with one attached hydrogen (secondary N) is 3. The molecule has 0 aliphatic heterocycles. The quantitative estimate of drug-likeness (QED) is 0.193. The molecule has 0 radical (unpaired) electrons. The Bertz CT molecular complexity index is 1880. The normalized spacial score (nSPS) is 14.3. The van der Waals surface area contributed by atoms with Crippen LogP contribution in [0.2, 0.25) is 0 Å². The summed E-state index contributed by atoms with van der Waals surface area (Å²) in [6, 6.07) is 13.8. The average Bonchev–Trinajstić information content (AvgIpc) is 3.32. The molecule has 1 heterocycles.